The summed E-state index contributed by atoms with van der Waals surface area (Å²) in [5, 5.41) is 1.35. The number of rotatable bonds is 15. The lowest BCUT2D eigenvalue weighted by Crippen LogP contribution is -2.11. The van der Waals surface area contributed by atoms with Gasteiger partial charge in [0.15, 0.2) is 0 Å². The van der Waals surface area contributed by atoms with Gasteiger partial charge in [0, 0.05) is 11.2 Å². The highest BCUT2D eigenvalue weighted by Gasteiger charge is 2.13. The summed E-state index contributed by atoms with van der Waals surface area (Å²) < 4.78 is 0. The average Bonchev–Trinajstić information content (AvgIpc) is 3.08. The van der Waals surface area contributed by atoms with Gasteiger partial charge in [-0.2, -0.15) is 0 Å². The number of unbranched alkanes of at least 4 members (excludes halogenated alkanes) is 10. The minimum atomic E-state index is 0.751. The highest BCUT2D eigenvalue weighted by molar-refractivity contribution is 5.80. The fourth-order valence-corrected chi connectivity index (χ4v) is 4.21. The van der Waals surface area contributed by atoms with E-state index in [2.05, 4.69) is 56.1 Å². The van der Waals surface area contributed by atoms with Gasteiger partial charge in [0.25, 0.3) is 0 Å². The molecule has 0 aliphatic carbocycles. The summed E-state index contributed by atoms with van der Waals surface area (Å²) in [5.74, 6) is 1.57. The third-order valence-electron chi connectivity index (χ3n) is 6.36. The van der Waals surface area contributed by atoms with Gasteiger partial charge < -0.3 is 4.98 Å². The molecule has 1 aromatic heterocycles. The SMILES string of the molecule is CCCCCCCCCCCCCC(C)C(C)Cc1cc2ccccc2[nH]1. The smallest absolute Gasteiger partial charge is 0.0456 e. The van der Waals surface area contributed by atoms with Crippen LogP contribution in [0.15, 0.2) is 30.3 Å². The highest BCUT2D eigenvalue weighted by atomic mass is 14.7. The molecule has 2 atom stereocenters. The van der Waals surface area contributed by atoms with E-state index < -0.39 is 0 Å². The minimum absolute atomic E-state index is 0.751. The molecular weight excluding hydrogens is 326 g/mol. The maximum absolute atomic E-state index is 3.59. The predicted octanol–water partition coefficient (Wildman–Crippen LogP) is 8.68. The maximum Gasteiger partial charge on any atom is 0.0456 e. The normalized spacial score (nSPS) is 13.9. The molecular formula is C26H43N. The number of aromatic nitrogens is 1. The number of benzene rings is 1. The molecule has 1 heteroatoms. The largest absolute Gasteiger partial charge is 0.358 e. The maximum atomic E-state index is 3.59. The Balaban J connectivity index is 1.50. The van der Waals surface area contributed by atoms with Crippen LogP contribution in [0.3, 0.4) is 0 Å². The van der Waals surface area contributed by atoms with E-state index in [0.717, 1.165) is 11.8 Å². The molecule has 0 radical (unpaired) electrons. The minimum Gasteiger partial charge on any atom is -0.358 e. The van der Waals surface area contributed by atoms with Crippen molar-refractivity contribution in [2.24, 2.45) is 11.8 Å². The van der Waals surface area contributed by atoms with E-state index in [9.17, 15) is 0 Å². The molecule has 0 fully saturated rings. The molecule has 0 amide bonds. The Kier molecular flexibility index (Phi) is 10.6. The predicted molar refractivity (Wildman–Crippen MR) is 121 cm³/mol. The van der Waals surface area contributed by atoms with Crippen LogP contribution in [0.5, 0.6) is 0 Å². The summed E-state index contributed by atoms with van der Waals surface area (Å²) in [6.45, 7) is 7.17. The third kappa shape index (κ3) is 8.54. The number of nitrogens with one attached hydrogen (secondary N) is 1. The van der Waals surface area contributed by atoms with Gasteiger partial charge in [0.2, 0.25) is 0 Å². The molecule has 2 unspecified atom stereocenters. The Morgan fingerprint density at radius 1 is 0.741 bits per heavy atom. The van der Waals surface area contributed by atoms with E-state index in [1.165, 1.54) is 100 Å². The van der Waals surface area contributed by atoms with Crippen molar-refractivity contribution in [3.63, 3.8) is 0 Å². The molecule has 1 aromatic carbocycles. The van der Waals surface area contributed by atoms with Crippen molar-refractivity contribution in [2.45, 2.75) is 104 Å². The number of fused-ring (bicyclic) bond motifs is 1. The molecule has 0 saturated heterocycles. The van der Waals surface area contributed by atoms with Crippen LogP contribution < -0.4 is 0 Å². The van der Waals surface area contributed by atoms with Gasteiger partial charge in [-0.3, -0.25) is 0 Å². The van der Waals surface area contributed by atoms with Crippen molar-refractivity contribution in [3.05, 3.63) is 36.0 Å². The Hall–Kier alpha value is -1.24. The van der Waals surface area contributed by atoms with Crippen LogP contribution in [0.4, 0.5) is 0 Å². The molecule has 0 spiro atoms. The average molecular weight is 370 g/mol. The molecule has 0 bridgehead atoms. The zero-order valence-corrected chi connectivity index (χ0v) is 18.2. The van der Waals surface area contributed by atoms with E-state index >= 15 is 0 Å². The van der Waals surface area contributed by atoms with Crippen LogP contribution >= 0.6 is 0 Å². The lowest BCUT2D eigenvalue weighted by atomic mass is 9.87. The second kappa shape index (κ2) is 13.0. The van der Waals surface area contributed by atoms with Crippen LogP contribution in [0, 0.1) is 11.8 Å². The zero-order chi connectivity index (χ0) is 19.3. The Labute approximate surface area is 168 Å². The molecule has 152 valence electrons. The molecule has 2 rings (SSSR count). The molecule has 1 N–H and O–H groups in total. The first-order chi connectivity index (χ1) is 13.2. The molecule has 1 heterocycles. The van der Waals surface area contributed by atoms with E-state index in [-0.39, 0.29) is 0 Å². The van der Waals surface area contributed by atoms with Crippen molar-refractivity contribution < 1.29 is 0 Å². The Morgan fingerprint density at radius 2 is 1.33 bits per heavy atom. The number of hydrogen-bond donors (Lipinski definition) is 1. The van der Waals surface area contributed by atoms with Crippen molar-refractivity contribution in [1.29, 1.82) is 0 Å². The van der Waals surface area contributed by atoms with Crippen molar-refractivity contribution in [3.8, 4) is 0 Å². The van der Waals surface area contributed by atoms with Crippen molar-refractivity contribution >= 4 is 10.9 Å². The first-order valence-corrected chi connectivity index (χ1v) is 11.8. The van der Waals surface area contributed by atoms with E-state index in [1.54, 1.807) is 0 Å². The quantitative estimate of drug-likeness (QED) is 0.302. The fourth-order valence-electron chi connectivity index (χ4n) is 4.21. The highest BCUT2D eigenvalue weighted by Crippen LogP contribution is 2.24. The number of H-pyrrole nitrogens is 1. The first kappa shape index (κ1) is 22.1. The summed E-state index contributed by atoms with van der Waals surface area (Å²) in [5.41, 5.74) is 2.67. The third-order valence-corrected chi connectivity index (χ3v) is 6.36. The first-order valence-electron chi connectivity index (χ1n) is 11.8. The van der Waals surface area contributed by atoms with Crippen LogP contribution in [0.25, 0.3) is 10.9 Å². The van der Waals surface area contributed by atoms with E-state index in [1.807, 2.05) is 0 Å². The van der Waals surface area contributed by atoms with Gasteiger partial charge in [0.1, 0.15) is 0 Å². The van der Waals surface area contributed by atoms with E-state index in [4.69, 9.17) is 0 Å². The molecule has 27 heavy (non-hydrogen) atoms. The van der Waals surface area contributed by atoms with Gasteiger partial charge in [-0.25, -0.2) is 0 Å². The molecule has 1 nitrogen and oxygen atoms in total. The van der Waals surface area contributed by atoms with Crippen LogP contribution in [-0.2, 0) is 6.42 Å². The summed E-state index contributed by atoms with van der Waals surface area (Å²) in [6, 6.07) is 11.0. The van der Waals surface area contributed by atoms with Gasteiger partial charge in [-0.15, -0.1) is 0 Å². The van der Waals surface area contributed by atoms with Gasteiger partial charge in [0.05, 0.1) is 0 Å². The standard InChI is InChI=1S/C26H43N/c1-4-5-6-7-8-9-10-11-12-13-14-17-22(2)23(3)20-25-21-24-18-15-16-19-26(24)27-25/h15-16,18-19,21-23,27H,4-14,17,20H2,1-3H3. The zero-order valence-electron chi connectivity index (χ0n) is 18.2. The van der Waals surface area contributed by atoms with Crippen molar-refractivity contribution in [1.82, 2.24) is 4.98 Å². The lowest BCUT2D eigenvalue weighted by molar-refractivity contribution is 0.346. The second-order valence-corrected chi connectivity index (χ2v) is 8.86. The molecule has 0 saturated carbocycles. The number of para-hydroxylation sites is 1. The summed E-state index contributed by atoms with van der Waals surface area (Å²) >= 11 is 0. The Bertz CT molecular complexity index is 578. The number of aromatic amines is 1. The van der Waals surface area contributed by atoms with Crippen molar-refractivity contribution in [2.75, 3.05) is 0 Å². The van der Waals surface area contributed by atoms with Gasteiger partial charge >= 0.3 is 0 Å². The lowest BCUT2D eigenvalue weighted by Gasteiger charge is -2.19. The molecule has 0 aliphatic heterocycles. The topological polar surface area (TPSA) is 15.8 Å². The summed E-state index contributed by atoms with van der Waals surface area (Å²) in [7, 11) is 0. The van der Waals surface area contributed by atoms with E-state index in [0.29, 0.717) is 0 Å². The molecule has 2 aromatic rings. The Morgan fingerprint density at radius 3 is 1.96 bits per heavy atom. The van der Waals surface area contributed by atoms with Gasteiger partial charge in [-0.05, 0) is 35.8 Å². The van der Waals surface area contributed by atoms with Crippen LogP contribution in [0.2, 0.25) is 0 Å². The monoisotopic (exact) mass is 369 g/mol. The summed E-state index contributed by atoms with van der Waals surface area (Å²) in [4.78, 5) is 3.59. The van der Waals surface area contributed by atoms with Crippen LogP contribution in [-0.4, -0.2) is 4.98 Å². The fraction of sp³-hybridized carbons (Fsp3) is 0.692. The van der Waals surface area contributed by atoms with Crippen LogP contribution in [0.1, 0.15) is 104 Å². The second-order valence-electron chi connectivity index (χ2n) is 8.86. The van der Waals surface area contributed by atoms with Gasteiger partial charge in [-0.1, -0.05) is 116 Å². The summed E-state index contributed by atoms with van der Waals surface area (Å²) in [6.07, 6.45) is 18.4. The number of hydrogen-bond acceptors (Lipinski definition) is 0. The molecule has 0 aliphatic rings.